The van der Waals surface area contributed by atoms with Crippen LogP contribution in [-0.4, -0.2) is 23.3 Å². The fourth-order valence-electron chi connectivity index (χ4n) is 1.26. The largest absolute Gasteiger partial charge is 0.453 e. The lowest BCUT2D eigenvalue weighted by molar-refractivity contribution is 0.169. The van der Waals surface area contributed by atoms with E-state index in [4.69, 9.17) is 4.52 Å². The number of nitrogens with one attached hydrogen (secondary N) is 1. The Morgan fingerprint density at radius 1 is 1.44 bits per heavy atom. The average molecular weight is 251 g/mol. The molecule has 7 heteroatoms. The molecule has 0 radical (unpaired) electrons. The second-order valence-electron chi connectivity index (χ2n) is 3.36. The molecule has 94 valence electrons. The minimum atomic E-state index is -0.587. The summed E-state index contributed by atoms with van der Waals surface area (Å²) in [6, 6.07) is 5.69. The molecule has 0 saturated heterocycles. The molecule has 1 aromatic carbocycles. The van der Waals surface area contributed by atoms with Gasteiger partial charge < -0.3 is 14.6 Å². The Morgan fingerprint density at radius 2 is 2.17 bits per heavy atom. The first-order chi connectivity index (χ1) is 8.69. The molecule has 18 heavy (non-hydrogen) atoms. The number of methoxy groups -OCH3 is 1. The number of carbonyl (C=O) groups excluding carboxylic acids is 1. The molecule has 1 aromatic heterocycles. The summed E-state index contributed by atoms with van der Waals surface area (Å²) in [7, 11) is 1.26. The Hall–Kier alpha value is -2.44. The highest BCUT2D eigenvalue weighted by Crippen LogP contribution is 2.15. The SMILES string of the molecule is COC(=O)NCc1nc(-c2ccc(F)cc2)no1. The standard InChI is InChI=1S/C11H10FN3O3/c1-17-11(16)13-6-9-14-10(15-18-9)7-2-4-8(12)5-3-7/h2-5H,6H2,1H3,(H,13,16). The van der Waals surface area contributed by atoms with Gasteiger partial charge in [0.2, 0.25) is 11.7 Å². The lowest BCUT2D eigenvalue weighted by Crippen LogP contribution is -2.22. The maximum atomic E-state index is 12.7. The van der Waals surface area contributed by atoms with E-state index >= 15 is 0 Å². The van der Waals surface area contributed by atoms with E-state index in [2.05, 4.69) is 20.2 Å². The summed E-state index contributed by atoms with van der Waals surface area (Å²) in [6.07, 6.45) is -0.587. The zero-order chi connectivity index (χ0) is 13.0. The molecule has 0 saturated carbocycles. The van der Waals surface area contributed by atoms with Gasteiger partial charge in [-0.05, 0) is 24.3 Å². The number of rotatable bonds is 3. The van der Waals surface area contributed by atoms with Crippen molar-refractivity contribution in [2.75, 3.05) is 7.11 Å². The first-order valence-corrected chi connectivity index (χ1v) is 5.09. The van der Waals surface area contributed by atoms with Gasteiger partial charge in [0.15, 0.2) is 0 Å². The smallest absolute Gasteiger partial charge is 0.407 e. The first-order valence-electron chi connectivity index (χ1n) is 5.09. The Kier molecular flexibility index (Phi) is 3.52. The average Bonchev–Trinajstić information content (AvgIpc) is 2.85. The van der Waals surface area contributed by atoms with Crippen molar-refractivity contribution in [2.45, 2.75) is 6.54 Å². The molecule has 0 fully saturated rings. The molecular weight excluding hydrogens is 241 g/mol. The summed E-state index contributed by atoms with van der Waals surface area (Å²) in [6.45, 7) is 0.0703. The van der Waals surface area contributed by atoms with Gasteiger partial charge >= 0.3 is 6.09 Å². The van der Waals surface area contributed by atoms with Gasteiger partial charge in [0.1, 0.15) is 12.4 Å². The third kappa shape index (κ3) is 2.82. The van der Waals surface area contributed by atoms with E-state index in [9.17, 15) is 9.18 Å². The maximum Gasteiger partial charge on any atom is 0.407 e. The van der Waals surface area contributed by atoms with Crippen LogP contribution in [0.15, 0.2) is 28.8 Å². The van der Waals surface area contributed by atoms with Crippen molar-refractivity contribution in [1.82, 2.24) is 15.5 Å². The number of alkyl carbamates (subject to hydrolysis) is 1. The third-order valence-electron chi connectivity index (χ3n) is 2.14. The van der Waals surface area contributed by atoms with Crippen LogP contribution in [0.25, 0.3) is 11.4 Å². The van der Waals surface area contributed by atoms with Gasteiger partial charge in [-0.1, -0.05) is 5.16 Å². The second-order valence-corrected chi connectivity index (χ2v) is 3.36. The number of carbonyl (C=O) groups is 1. The van der Waals surface area contributed by atoms with E-state index in [1.165, 1.54) is 31.4 Å². The van der Waals surface area contributed by atoms with Gasteiger partial charge in [-0.3, -0.25) is 0 Å². The van der Waals surface area contributed by atoms with Gasteiger partial charge in [0.25, 0.3) is 0 Å². The highest BCUT2D eigenvalue weighted by Gasteiger charge is 2.09. The topological polar surface area (TPSA) is 77.2 Å². The van der Waals surface area contributed by atoms with Gasteiger partial charge in [-0.2, -0.15) is 4.98 Å². The number of hydrogen-bond donors (Lipinski definition) is 1. The summed E-state index contributed by atoms with van der Waals surface area (Å²) in [5, 5.41) is 6.12. The lowest BCUT2D eigenvalue weighted by atomic mass is 10.2. The molecule has 0 spiro atoms. The summed E-state index contributed by atoms with van der Waals surface area (Å²) < 4.78 is 22.0. The Balaban J connectivity index is 2.06. The molecule has 1 heterocycles. The minimum absolute atomic E-state index is 0.0703. The van der Waals surface area contributed by atoms with Crippen molar-refractivity contribution in [2.24, 2.45) is 0 Å². The third-order valence-corrected chi connectivity index (χ3v) is 2.14. The van der Waals surface area contributed by atoms with Crippen molar-refractivity contribution >= 4 is 6.09 Å². The highest BCUT2D eigenvalue weighted by molar-refractivity contribution is 5.66. The van der Waals surface area contributed by atoms with Crippen molar-refractivity contribution in [1.29, 1.82) is 0 Å². The van der Waals surface area contributed by atoms with Crippen LogP contribution in [0.4, 0.5) is 9.18 Å². The number of hydrogen-bond acceptors (Lipinski definition) is 5. The zero-order valence-corrected chi connectivity index (χ0v) is 9.51. The van der Waals surface area contributed by atoms with Gasteiger partial charge in [0, 0.05) is 5.56 Å². The van der Waals surface area contributed by atoms with Crippen LogP contribution in [0, 0.1) is 5.82 Å². The molecule has 1 amide bonds. The molecule has 6 nitrogen and oxygen atoms in total. The van der Waals surface area contributed by atoms with E-state index in [0.717, 1.165) is 0 Å². The molecule has 2 rings (SSSR count). The number of halogens is 1. The van der Waals surface area contributed by atoms with Gasteiger partial charge in [-0.15, -0.1) is 0 Å². The van der Waals surface area contributed by atoms with E-state index < -0.39 is 6.09 Å². The quantitative estimate of drug-likeness (QED) is 0.898. The Morgan fingerprint density at radius 3 is 2.83 bits per heavy atom. The van der Waals surface area contributed by atoms with E-state index in [1.807, 2.05) is 0 Å². The van der Waals surface area contributed by atoms with Crippen molar-refractivity contribution in [3.05, 3.63) is 36.0 Å². The van der Waals surface area contributed by atoms with Crippen molar-refractivity contribution < 1.29 is 18.4 Å². The van der Waals surface area contributed by atoms with Gasteiger partial charge in [-0.25, -0.2) is 9.18 Å². The monoisotopic (exact) mass is 251 g/mol. The Bertz CT molecular complexity index is 539. The predicted octanol–water partition coefficient (Wildman–Crippen LogP) is 1.73. The Labute approximate surface area is 102 Å². The van der Waals surface area contributed by atoms with Crippen LogP contribution >= 0.6 is 0 Å². The van der Waals surface area contributed by atoms with Crippen molar-refractivity contribution in [3.8, 4) is 11.4 Å². The molecule has 0 atom stereocenters. The summed E-state index contributed by atoms with van der Waals surface area (Å²) in [4.78, 5) is 14.9. The molecule has 2 aromatic rings. The number of ether oxygens (including phenoxy) is 1. The fraction of sp³-hybridized carbons (Fsp3) is 0.182. The number of aromatic nitrogens is 2. The van der Waals surface area contributed by atoms with Crippen molar-refractivity contribution in [3.63, 3.8) is 0 Å². The van der Waals surface area contributed by atoms with Crippen LogP contribution in [0.3, 0.4) is 0 Å². The van der Waals surface area contributed by atoms with Crippen LogP contribution < -0.4 is 5.32 Å². The molecule has 0 aliphatic rings. The highest BCUT2D eigenvalue weighted by atomic mass is 19.1. The molecule has 1 N–H and O–H groups in total. The van der Waals surface area contributed by atoms with E-state index in [1.54, 1.807) is 0 Å². The molecular formula is C11H10FN3O3. The molecule has 0 aliphatic heterocycles. The van der Waals surface area contributed by atoms with Gasteiger partial charge in [0.05, 0.1) is 7.11 Å². The number of amides is 1. The molecule has 0 unspecified atom stereocenters. The van der Waals surface area contributed by atoms with E-state index in [0.29, 0.717) is 11.4 Å². The lowest BCUT2D eigenvalue weighted by Gasteiger charge is -1.97. The van der Waals surface area contributed by atoms with Crippen LogP contribution in [0.2, 0.25) is 0 Å². The van der Waals surface area contributed by atoms with Crippen LogP contribution in [-0.2, 0) is 11.3 Å². The molecule has 0 aliphatic carbocycles. The maximum absolute atomic E-state index is 12.7. The van der Waals surface area contributed by atoms with E-state index in [-0.39, 0.29) is 18.3 Å². The zero-order valence-electron chi connectivity index (χ0n) is 9.51. The summed E-state index contributed by atoms with van der Waals surface area (Å²) >= 11 is 0. The fourth-order valence-corrected chi connectivity index (χ4v) is 1.26. The summed E-state index contributed by atoms with van der Waals surface area (Å²) in [5.41, 5.74) is 0.629. The normalized spacial score (nSPS) is 10.1. The summed E-state index contributed by atoms with van der Waals surface area (Å²) in [5.74, 6) is 0.228. The van der Waals surface area contributed by atoms with Crippen LogP contribution in [0.5, 0.6) is 0 Å². The minimum Gasteiger partial charge on any atom is -0.453 e. The number of nitrogens with zero attached hydrogens (tertiary/aromatic N) is 2. The predicted molar refractivity (Wildman–Crippen MR) is 58.9 cm³/mol. The van der Waals surface area contributed by atoms with Crippen LogP contribution in [0.1, 0.15) is 5.89 Å². The molecule has 0 bridgehead atoms. The second kappa shape index (κ2) is 5.26. The number of benzene rings is 1. The first kappa shape index (κ1) is 12.0.